The lowest BCUT2D eigenvalue weighted by Crippen LogP contribution is -2.26. The molecule has 128 valence electrons. The summed E-state index contributed by atoms with van der Waals surface area (Å²) < 4.78 is 9.90. The third kappa shape index (κ3) is 4.28. The maximum atomic E-state index is 12.0. The Morgan fingerprint density at radius 2 is 1.96 bits per heavy atom. The third-order valence-electron chi connectivity index (χ3n) is 3.27. The van der Waals surface area contributed by atoms with E-state index in [1.54, 1.807) is 19.3 Å². The Balaban J connectivity index is 1.52. The summed E-state index contributed by atoms with van der Waals surface area (Å²) in [5.41, 5.74) is 1.23. The molecule has 2 N–H and O–H groups in total. The van der Waals surface area contributed by atoms with Crippen molar-refractivity contribution in [2.45, 2.75) is 13.3 Å². The van der Waals surface area contributed by atoms with E-state index in [9.17, 15) is 9.59 Å². The summed E-state index contributed by atoms with van der Waals surface area (Å²) in [6, 6.07) is 5.14. The molecule has 0 spiro atoms. The first-order valence-corrected chi connectivity index (χ1v) is 7.49. The number of hydrogen-bond donors (Lipinski definition) is 2. The molecule has 2 amide bonds. The van der Waals surface area contributed by atoms with Gasteiger partial charge in [0.25, 0.3) is 11.8 Å². The molecular formula is C16H15N5O4. The van der Waals surface area contributed by atoms with Gasteiger partial charge in [-0.05, 0) is 31.0 Å². The quantitative estimate of drug-likeness (QED) is 0.698. The standard InChI is InChI=1S/C16H15N5O4/c1-10-8-12(21-25-10)15(23)20-16-19-13(9-24-16)14(22)18-7-4-11-2-5-17-6-3-11/h2-3,5-6,8-9H,4,7H2,1H3,(H,18,22)(H,19,20,23). The fourth-order valence-electron chi connectivity index (χ4n) is 2.03. The van der Waals surface area contributed by atoms with E-state index < -0.39 is 11.8 Å². The molecule has 0 aliphatic rings. The molecule has 0 saturated heterocycles. The van der Waals surface area contributed by atoms with Gasteiger partial charge in [0.15, 0.2) is 11.4 Å². The number of nitrogens with one attached hydrogen (secondary N) is 2. The average Bonchev–Trinajstić information content (AvgIpc) is 3.25. The van der Waals surface area contributed by atoms with Gasteiger partial charge in [-0.1, -0.05) is 5.16 Å². The van der Waals surface area contributed by atoms with Crippen molar-refractivity contribution in [3.63, 3.8) is 0 Å². The number of rotatable bonds is 6. The summed E-state index contributed by atoms with van der Waals surface area (Å²) in [7, 11) is 0. The van der Waals surface area contributed by atoms with Gasteiger partial charge in [0.2, 0.25) is 0 Å². The van der Waals surface area contributed by atoms with E-state index in [0.29, 0.717) is 18.7 Å². The average molecular weight is 341 g/mol. The van der Waals surface area contributed by atoms with Crippen molar-refractivity contribution in [2.24, 2.45) is 0 Å². The second kappa shape index (κ2) is 7.39. The molecule has 0 fully saturated rings. The van der Waals surface area contributed by atoms with Gasteiger partial charge in [-0.2, -0.15) is 4.98 Å². The minimum Gasteiger partial charge on any atom is -0.431 e. The molecule has 0 unspecified atom stereocenters. The van der Waals surface area contributed by atoms with Crippen LogP contribution in [0.15, 0.2) is 45.8 Å². The molecule has 9 heteroatoms. The van der Waals surface area contributed by atoms with Gasteiger partial charge in [0.1, 0.15) is 12.0 Å². The van der Waals surface area contributed by atoms with Crippen LogP contribution < -0.4 is 10.6 Å². The second-order valence-corrected chi connectivity index (χ2v) is 5.18. The Labute approximate surface area is 142 Å². The number of amides is 2. The van der Waals surface area contributed by atoms with E-state index in [-0.39, 0.29) is 17.4 Å². The molecule has 0 radical (unpaired) electrons. The highest BCUT2D eigenvalue weighted by atomic mass is 16.5. The molecular weight excluding hydrogens is 326 g/mol. The lowest BCUT2D eigenvalue weighted by molar-refractivity contribution is 0.0947. The van der Waals surface area contributed by atoms with Crippen molar-refractivity contribution >= 4 is 17.8 Å². The number of carbonyl (C=O) groups is 2. The molecule has 0 saturated carbocycles. The smallest absolute Gasteiger partial charge is 0.302 e. The monoisotopic (exact) mass is 341 g/mol. The van der Waals surface area contributed by atoms with Gasteiger partial charge in [0.05, 0.1) is 0 Å². The van der Waals surface area contributed by atoms with Crippen molar-refractivity contribution in [2.75, 3.05) is 11.9 Å². The largest absolute Gasteiger partial charge is 0.431 e. The number of oxazole rings is 1. The Bertz CT molecular complexity index is 872. The number of hydrogen-bond acceptors (Lipinski definition) is 7. The molecule has 0 aliphatic heterocycles. The Morgan fingerprint density at radius 3 is 2.68 bits per heavy atom. The third-order valence-corrected chi connectivity index (χ3v) is 3.27. The summed E-state index contributed by atoms with van der Waals surface area (Å²) >= 11 is 0. The Kier molecular flexibility index (Phi) is 4.84. The number of pyridine rings is 1. The fourth-order valence-corrected chi connectivity index (χ4v) is 2.03. The number of nitrogens with zero attached hydrogens (tertiary/aromatic N) is 3. The highest BCUT2D eigenvalue weighted by Gasteiger charge is 2.16. The molecule has 9 nitrogen and oxygen atoms in total. The lowest BCUT2D eigenvalue weighted by atomic mass is 10.2. The molecule has 0 aliphatic carbocycles. The maximum absolute atomic E-state index is 12.0. The van der Waals surface area contributed by atoms with E-state index in [1.165, 1.54) is 12.3 Å². The van der Waals surface area contributed by atoms with Crippen molar-refractivity contribution in [3.8, 4) is 0 Å². The van der Waals surface area contributed by atoms with Crippen LogP contribution in [0.2, 0.25) is 0 Å². The van der Waals surface area contributed by atoms with Crippen molar-refractivity contribution in [1.29, 1.82) is 0 Å². The summed E-state index contributed by atoms with van der Waals surface area (Å²) in [6.07, 6.45) is 5.23. The lowest BCUT2D eigenvalue weighted by Gasteiger charge is -2.02. The zero-order valence-electron chi connectivity index (χ0n) is 13.4. The Morgan fingerprint density at radius 1 is 1.16 bits per heavy atom. The van der Waals surface area contributed by atoms with Crippen molar-refractivity contribution < 1.29 is 18.5 Å². The first kappa shape index (κ1) is 16.4. The summed E-state index contributed by atoms with van der Waals surface area (Å²) in [6.45, 7) is 2.11. The van der Waals surface area contributed by atoms with Gasteiger partial charge >= 0.3 is 6.01 Å². The molecule has 3 rings (SSSR count). The number of aryl methyl sites for hydroxylation is 1. The summed E-state index contributed by atoms with van der Waals surface area (Å²) in [4.78, 5) is 31.8. The second-order valence-electron chi connectivity index (χ2n) is 5.18. The minimum absolute atomic E-state index is 0.0707. The van der Waals surface area contributed by atoms with Crippen molar-refractivity contribution in [3.05, 3.63) is 59.6 Å². The molecule has 0 bridgehead atoms. The van der Waals surface area contributed by atoms with E-state index in [4.69, 9.17) is 8.94 Å². The fraction of sp³-hybridized carbons (Fsp3) is 0.188. The van der Waals surface area contributed by atoms with Crippen LogP contribution in [0.25, 0.3) is 0 Å². The van der Waals surface area contributed by atoms with Gasteiger partial charge in [-0.25, -0.2) is 0 Å². The van der Waals surface area contributed by atoms with Crippen LogP contribution in [0.1, 0.15) is 32.3 Å². The van der Waals surface area contributed by atoms with Crippen LogP contribution in [-0.4, -0.2) is 33.5 Å². The number of aromatic nitrogens is 3. The normalized spacial score (nSPS) is 10.4. The number of carbonyl (C=O) groups excluding carboxylic acids is 2. The molecule has 3 heterocycles. The van der Waals surface area contributed by atoms with Gasteiger partial charge < -0.3 is 14.3 Å². The van der Waals surface area contributed by atoms with Crippen LogP contribution in [-0.2, 0) is 6.42 Å². The Hall–Kier alpha value is -3.49. The SMILES string of the molecule is Cc1cc(C(=O)Nc2nc(C(=O)NCCc3ccncc3)co2)no1. The topological polar surface area (TPSA) is 123 Å². The van der Waals surface area contributed by atoms with E-state index in [0.717, 1.165) is 5.56 Å². The highest BCUT2D eigenvalue weighted by molar-refractivity contribution is 6.02. The first-order valence-electron chi connectivity index (χ1n) is 7.49. The number of anilines is 1. The van der Waals surface area contributed by atoms with Crippen LogP contribution in [0.3, 0.4) is 0 Å². The molecule has 0 atom stereocenters. The molecule has 0 aromatic carbocycles. The maximum Gasteiger partial charge on any atom is 0.302 e. The predicted octanol–water partition coefficient (Wildman–Crippen LogP) is 1.59. The zero-order valence-corrected chi connectivity index (χ0v) is 13.4. The zero-order chi connectivity index (χ0) is 17.6. The van der Waals surface area contributed by atoms with Crippen molar-refractivity contribution in [1.82, 2.24) is 20.4 Å². The van der Waals surface area contributed by atoms with E-state index in [2.05, 4.69) is 25.8 Å². The van der Waals surface area contributed by atoms with Crippen LogP contribution >= 0.6 is 0 Å². The molecule has 3 aromatic heterocycles. The molecule has 3 aromatic rings. The minimum atomic E-state index is -0.539. The van der Waals surface area contributed by atoms with E-state index >= 15 is 0 Å². The van der Waals surface area contributed by atoms with Gasteiger partial charge in [-0.3, -0.25) is 19.9 Å². The predicted molar refractivity (Wildman–Crippen MR) is 86.0 cm³/mol. The van der Waals surface area contributed by atoms with Gasteiger partial charge in [0, 0.05) is 25.0 Å². The van der Waals surface area contributed by atoms with Crippen LogP contribution in [0.5, 0.6) is 0 Å². The molecule has 25 heavy (non-hydrogen) atoms. The first-order chi connectivity index (χ1) is 12.1. The van der Waals surface area contributed by atoms with Gasteiger partial charge in [-0.15, -0.1) is 0 Å². The van der Waals surface area contributed by atoms with Crippen LogP contribution in [0.4, 0.5) is 6.01 Å². The summed E-state index contributed by atoms with van der Waals surface area (Å²) in [5, 5.41) is 8.71. The summed E-state index contributed by atoms with van der Waals surface area (Å²) in [5.74, 6) is -0.425. The highest BCUT2D eigenvalue weighted by Crippen LogP contribution is 2.10. The van der Waals surface area contributed by atoms with Crippen LogP contribution in [0, 0.1) is 6.92 Å². The van der Waals surface area contributed by atoms with E-state index in [1.807, 2.05) is 12.1 Å².